The first-order valence-electron chi connectivity index (χ1n) is 6.06. The van der Waals surface area contributed by atoms with Crippen molar-refractivity contribution in [3.8, 4) is 5.75 Å². The highest BCUT2D eigenvalue weighted by molar-refractivity contribution is 6.30. The van der Waals surface area contributed by atoms with Crippen LogP contribution in [0.2, 0.25) is 5.02 Å². The molecule has 1 N–H and O–H groups in total. The van der Waals surface area contributed by atoms with Gasteiger partial charge in [-0.2, -0.15) is 0 Å². The summed E-state index contributed by atoms with van der Waals surface area (Å²) in [6.07, 6.45) is 3.12. The molecule has 0 aliphatic rings. The van der Waals surface area contributed by atoms with E-state index in [0.717, 1.165) is 11.3 Å². The predicted octanol–water partition coefficient (Wildman–Crippen LogP) is 4.00. The van der Waals surface area contributed by atoms with E-state index in [9.17, 15) is 4.79 Å². The first kappa shape index (κ1) is 14.2. The average Bonchev–Trinajstić information content (AvgIpc) is 2.46. The first-order chi connectivity index (χ1) is 9.69. The van der Waals surface area contributed by atoms with Gasteiger partial charge in [0.25, 0.3) is 0 Å². The van der Waals surface area contributed by atoms with E-state index in [0.29, 0.717) is 10.8 Å². The van der Waals surface area contributed by atoms with Crippen LogP contribution >= 0.6 is 11.6 Å². The zero-order valence-corrected chi connectivity index (χ0v) is 11.7. The topological polar surface area (TPSA) is 38.3 Å². The predicted molar refractivity (Wildman–Crippen MR) is 82.1 cm³/mol. The second-order valence-electron chi connectivity index (χ2n) is 4.07. The third-order valence-electron chi connectivity index (χ3n) is 2.65. The Morgan fingerprint density at radius 3 is 2.65 bits per heavy atom. The molecule has 0 unspecified atom stereocenters. The number of hydrogen-bond acceptors (Lipinski definition) is 2. The van der Waals surface area contributed by atoms with E-state index in [1.54, 1.807) is 31.4 Å². The highest BCUT2D eigenvalue weighted by atomic mass is 35.5. The number of ether oxygens (including phenoxy) is 1. The molecule has 2 rings (SSSR count). The Bertz CT molecular complexity index is 624. The molecule has 2 aromatic rings. The standard InChI is InChI=1S/C16H14ClNO2/c1-20-15-9-8-13(17)11-12(15)7-10-16(19)18-14-5-3-2-4-6-14/h2-11H,1H3,(H,18,19)/b10-7+. The Hall–Kier alpha value is -2.26. The minimum Gasteiger partial charge on any atom is -0.496 e. The van der Waals surface area contributed by atoms with Gasteiger partial charge in [-0.1, -0.05) is 29.8 Å². The lowest BCUT2D eigenvalue weighted by molar-refractivity contribution is -0.111. The molecule has 0 fully saturated rings. The van der Waals surface area contributed by atoms with E-state index < -0.39 is 0 Å². The van der Waals surface area contributed by atoms with Crippen LogP contribution in [0.1, 0.15) is 5.56 Å². The summed E-state index contributed by atoms with van der Waals surface area (Å²) in [7, 11) is 1.57. The van der Waals surface area contributed by atoms with Crippen LogP contribution in [0.15, 0.2) is 54.6 Å². The second kappa shape index (κ2) is 6.78. The van der Waals surface area contributed by atoms with Crippen LogP contribution in [0.25, 0.3) is 6.08 Å². The fourth-order valence-electron chi connectivity index (χ4n) is 1.71. The van der Waals surface area contributed by atoms with Gasteiger partial charge in [0.1, 0.15) is 5.75 Å². The summed E-state index contributed by atoms with van der Waals surface area (Å²) in [6, 6.07) is 14.5. The molecule has 102 valence electrons. The van der Waals surface area contributed by atoms with E-state index >= 15 is 0 Å². The molecule has 0 spiro atoms. The lowest BCUT2D eigenvalue weighted by atomic mass is 10.2. The lowest BCUT2D eigenvalue weighted by Crippen LogP contribution is -2.07. The Balaban J connectivity index is 2.09. The third kappa shape index (κ3) is 3.87. The maximum atomic E-state index is 11.8. The molecule has 4 heteroatoms. The SMILES string of the molecule is COc1ccc(Cl)cc1/C=C/C(=O)Nc1ccccc1. The van der Waals surface area contributed by atoms with E-state index in [2.05, 4.69) is 5.32 Å². The molecule has 2 aromatic carbocycles. The zero-order valence-electron chi connectivity index (χ0n) is 11.0. The summed E-state index contributed by atoms with van der Waals surface area (Å²) in [5.41, 5.74) is 1.50. The van der Waals surface area contributed by atoms with Crippen molar-refractivity contribution >= 4 is 29.3 Å². The maximum Gasteiger partial charge on any atom is 0.248 e. The van der Waals surface area contributed by atoms with Crippen molar-refractivity contribution in [2.24, 2.45) is 0 Å². The second-order valence-corrected chi connectivity index (χ2v) is 4.51. The number of halogens is 1. The number of benzene rings is 2. The normalized spacial score (nSPS) is 10.5. The fraction of sp³-hybridized carbons (Fsp3) is 0.0625. The summed E-state index contributed by atoms with van der Waals surface area (Å²) < 4.78 is 5.21. The van der Waals surface area contributed by atoms with Crippen LogP contribution in [0.4, 0.5) is 5.69 Å². The molecule has 0 bridgehead atoms. The number of amides is 1. The zero-order chi connectivity index (χ0) is 14.4. The molecule has 0 aliphatic carbocycles. The van der Waals surface area contributed by atoms with Crippen LogP contribution in [-0.2, 0) is 4.79 Å². The van der Waals surface area contributed by atoms with Gasteiger partial charge in [0.05, 0.1) is 7.11 Å². The highest BCUT2D eigenvalue weighted by Gasteiger charge is 2.02. The summed E-state index contributed by atoms with van der Waals surface area (Å²) >= 11 is 5.93. The van der Waals surface area contributed by atoms with Gasteiger partial charge in [-0.05, 0) is 36.4 Å². The van der Waals surface area contributed by atoms with Gasteiger partial charge in [0.2, 0.25) is 5.91 Å². The molecular formula is C16H14ClNO2. The Labute approximate surface area is 122 Å². The van der Waals surface area contributed by atoms with Gasteiger partial charge >= 0.3 is 0 Å². The summed E-state index contributed by atoms with van der Waals surface area (Å²) in [5.74, 6) is 0.455. The first-order valence-corrected chi connectivity index (χ1v) is 6.44. The molecule has 3 nitrogen and oxygen atoms in total. The molecule has 0 saturated carbocycles. The van der Waals surface area contributed by atoms with E-state index in [4.69, 9.17) is 16.3 Å². The number of para-hydroxylation sites is 1. The van der Waals surface area contributed by atoms with Crippen LogP contribution in [0.3, 0.4) is 0 Å². The lowest BCUT2D eigenvalue weighted by Gasteiger charge is -2.05. The maximum absolute atomic E-state index is 11.8. The molecular weight excluding hydrogens is 274 g/mol. The van der Waals surface area contributed by atoms with Crippen LogP contribution in [0.5, 0.6) is 5.75 Å². The number of nitrogens with one attached hydrogen (secondary N) is 1. The number of anilines is 1. The van der Waals surface area contributed by atoms with Crippen LogP contribution < -0.4 is 10.1 Å². The minimum absolute atomic E-state index is 0.210. The van der Waals surface area contributed by atoms with Gasteiger partial charge in [0.15, 0.2) is 0 Å². The molecule has 0 heterocycles. The number of carbonyl (C=O) groups is 1. The number of methoxy groups -OCH3 is 1. The van der Waals surface area contributed by atoms with Crippen molar-refractivity contribution in [1.29, 1.82) is 0 Å². The van der Waals surface area contributed by atoms with Gasteiger partial charge in [-0.3, -0.25) is 4.79 Å². The highest BCUT2D eigenvalue weighted by Crippen LogP contribution is 2.23. The van der Waals surface area contributed by atoms with Crippen LogP contribution in [-0.4, -0.2) is 13.0 Å². The van der Waals surface area contributed by atoms with E-state index in [-0.39, 0.29) is 5.91 Å². The molecule has 0 saturated heterocycles. The summed E-state index contributed by atoms with van der Waals surface area (Å²) in [6.45, 7) is 0. The quantitative estimate of drug-likeness (QED) is 0.863. The van der Waals surface area contributed by atoms with Crippen molar-refractivity contribution in [2.45, 2.75) is 0 Å². The summed E-state index contributed by atoms with van der Waals surface area (Å²) in [4.78, 5) is 11.8. The molecule has 1 amide bonds. The molecule has 0 atom stereocenters. The van der Waals surface area contributed by atoms with Crippen molar-refractivity contribution in [1.82, 2.24) is 0 Å². The van der Waals surface area contributed by atoms with Gasteiger partial charge in [0, 0.05) is 22.3 Å². The Morgan fingerprint density at radius 2 is 1.95 bits per heavy atom. The molecule has 20 heavy (non-hydrogen) atoms. The van der Waals surface area contributed by atoms with Gasteiger partial charge in [-0.15, -0.1) is 0 Å². The smallest absolute Gasteiger partial charge is 0.248 e. The van der Waals surface area contributed by atoms with Gasteiger partial charge < -0.3 is 10.1 Å². The molecule has 0 aliphatic heterocycles. The number of rotatable bonds is 4. The molecule has 0 aromatic heterocycles. The average molecular weight is 288 g/mol. The van der Waals surface area contributed by atoms with Crippen LogP contribution in [0, 0.1) is 0 Å². The fourth-order valence-corrected chi connectivity index (χ4v) is 1.89. The molecule has 0 radical (unpaired) electrons. The number of hydrogen-bond donors (Lipinski definition) is 1. The van der Waals surface area contributed by atoms with Crippen molar-refractivity contribution in [2.75, 3.05) is 12.4 Å². The Morgan fingerprint density at radius 1 is 1.20 bits per heavy atom. The summed E-state index contributed by atoms with van der Waals surface area (Å²) in [5, 5.41) is 3.36. The minimum atomic E-state index is -0.210. The van der Waals surface area contributed by atoms with E-state index in [1.807, 2.05) is 30.3 Å². The third-order valence-corrected chi connectivity index (χ3v) is 2.88. The van der Waals surface area contributed by atoms with Crippen molar-refractivity contribution < 1.29 is 9.53 Å². The van der Waals surface area contributed by atoms with E-state index in [1.165, 1.54) is 6.08 Å². The largest absolute Gasteiger partial charge is 0.496 e. The number of carbonyl (C=O) groups excluding carboxylic acids is 1. The van der Waals surface area contributed by atoms with Crippen molar-refractivity contribution in [3.05, 3.63) is 65.2 Å². The monoisotopic (exact) mass is 287 g/mol. The van der Waals surface area contributed by atoms with Crippen molar-refractivity contribution in [3.63, 3.8) is 0 Å². The van der Waals surface area contributed by atoms with Gasteiger partial charge in [-0.25, -0.2) is 0 Å². The Kier molecular flexibility index (Phi) is 4.80.